The lowest BCUT2D eigenvalue weighted by Crippen LogP contribution is -2.45. The van der Waals surface area contributed by atoms with Gasteiger partial charge in [0.1, 0.15) is 5.60 Å². The van der Waals surface area contributed by atoms with Gasteiger partial charge in [-0.1, -0.05) is 37.6 Å². The number of aliphatic hydroxyl groups is 3. The average Bonchev–Trinajstić information content (AvgIpc) is 3.19. The molecule has 3 N–H and O–H groups in total. The minimum atomic E-state index is -1.66. The third-order valence-corrected chi connectivity index (χ3v) is 7.35. The summed E-state index contributed by atoms with van der Waals surface area (Å²) in [7, 11) is 0. The van der Waals surface area contributed by atoms with Crippen molar-refractivity contribution in [3.05, 3.63) is 45.5 Å². The first-order valence-electron chi connectivity index (χ1n) is 12.1. The van der Waals surface area contributed by atoms with Crippen LogP contribution in [0.3, 0.4) is 0 Å². The number of ketones is 1. The number of ether oxygens (including phenoxy) is 1. The van der Waals surface area contributed by atoms with E-state index in [1.54, 1.807) is 18.3 Å². The maximum atomic E-state index is 12.9. The maximum Gasteiger partial charge on any atom is 0.169 e. The van der Waals surface area contributed by atoms with E-state index in [-0.39, 0.29) is 24.9 Å². The average molecular weight is 492 g/mol. The third kappa shape index (κ3) is 8.54. The Hall–Kier alpha value is -1.64. The summed E-state index contributed by atoms with van der Waals surface area (Å²) in [6.45, 7) is 11.0. The van der Waals surface area contributed by atoms with Gasteiger partial charge in [0.2, 0.25) is 0 Å². The highest BCUT2D eigenvalue weighted by molar-refractivity contribution is 7.09. The van der Waals surface area contributed by atoms with E-state index in [4.69, 9.17) is 4.74 Å². The highest BCUT2D eigenvalue weighted by Gasteiger charge is 2.38. The molecule has 0 spiro atoms. The van der Waals surface area contributed by atoms with Crippen molar-refractivity contribution < 1.29 is 24.9 Å². The number of aromatic nitrogens is 1. The summed E-state index contributed by atoms with van der Waals surface area (Å²) in [6, 6.07) is 0. The first-order chi connectivity index (χ1) is 15.9. The molecule has 2 rings (SSSR count). The van der Waals surface area contributed by atoms with Gasteiger partial charge in [-0.15, -0.1) is 11.3 Å². The zero-order valence-corrected chi connectivity index (χ0v) is 22.1. The molecule has 0 saturated heterocycles. The van der Waals surface area contributed by atoms with Crippen molar-refractivity contribution in [3.63, 3.8) is 0 Å². The topological polar surface area (TPSA) is 99.9 Å². The van der Waals surface area contributed by atoms with Gasteiger partial charge < -0.3 is 20.1 Å². The SMILES string of the molecule is C/C1=C/CC(/C(C)=C/c2csc(C)n2)OC(O)CCC(C)(O)C(=O)C(C)C(O)C(C)C/C=C\C1. The van der Waals surface area contributed by atoms with Crippen LogP contribution in [0.1, 0.15) is 77.4 Å². The fourth-order valence-corrected chi connectivity index (χ4v) is 4.73. The predicted octanol–water partition coefficient (Wildman–Crippen LogP) is 4.98. The van der Waals surface area contributed by atoms with E-state index >= 15 is 0 Å². The molecule has 1 aliphatic heterocycles. The van der Waals surface area contributed by atoms with Crippen molar-refractivity contribution in [2.45, 2.75) is 97.7 Å². The van der Waals surface area contributed by atoms with Crippen LogP contribution < -0.4 is 0 Å². The minimum absolute atomic E-state index is 0.0357. The lowest BCUT2D eigenvalue weighted by molar-refractivity contribution is -0.152. The Kier molecular flexibility index (Phi) is 10.8. The van der Waals surface area contributed by atoms with Gasteiger partial charge in [-0.05, 0) is 70.9 Å². The highest BCUT2D eigenvalue weighted by atomic mass is 32.1. The van der Waals surface area contributed by atoms with Crippen molar-refractivity contribution in [1.29, 1.82) is 0 Å². The second kappa shape index (κ2) is 12.9. The number of Topliss-reactive ketones (excluding diaryl/α,β-unsaturated/α-hetero) is 1. The Morgan fingerprint density at radius 3 is 2.59 bits per heavy atom. The molecule has 0 saturated carbocycles. The Morgan fingerprint density at radius 1 is 1.24 bits per heavy atom. The summed E-state index contributed by atoms with van der Waals surface area (Å²) in [5, 5.41) is 35.1. The van der Waals surface area contributed by atoms with Gasteiger partial charge >= 0.3 is 0 Å². The first-order valence-corrected chi connectivity index (χ1v) is 13.0. The van der Waals surface area contributed by atoms with E-state index in [0.29, 0.717) is 12.8 Å². The smallest absolute Gasteiger partial charge is 0.169 e. The van der Waals surface area contributed by atoms with Crippen LogP contribution in [0.25, 0.3) is 6.08 Å². The van der Waals surface area contributed by atoms with Crippen molar-refractivity contribution >= 4 is 23.2 Å². The standard InChI is InChI=1S/C27H41NO5S/c1-17-9-7-8-10-18(2)25(30)20(4)26(31)27(6,32)14-13-24(29)33-23(12-11-17)19(3)15-22-16-34-21(5)28-22/h7-8,11,15-16,18,20,23-25,29-30,32H,9-10,12-14H2,1-6H3/b8-7-,17-11-,19-15+. The molecule has 0 fully saturated rings. The second-order valence-electron chi connectivity index (χ2n) is 9.89. The third-order valence-electron chi connectivity index (χ3n) is 6.55. The lowest BCUT2D eigenvalue weighted by Gasteiger charge is -2.31. The molecule has 190 valence electrons. The van der Waals surface area contributed by atoms with Gasteiger partial charge in [0, 0.05) is 17.7 Å². The molecule has 6 unspecified atom stereocenters. The highest BCUT2D eigenvalue weighted by Crippen LogP contribution is 2.27. The molecular formula is C27H41NO5S. The summed E-state index contributed by atoms with van der Waals surface area (Å²) >= 11 is 1.58. The molecular weight excluding hydrogens is 450 g/mol. The van der Waals surface area contributed by atoms with Gasteiger partial charge in [-0.3, -0.25) is 4.79 Å². The van der Waals surface area contributed by atoms with Crippen LogP contribution in [0, 0.1) is 18.8 Å². The Morgan fingerprint density at radius 2 is 1.94 bits per heavy atom. The predicted molar refractivity (Wildman–Crippen MR) is 137 cm³/mol. The summed E-state index contributed by atoms with van der Waals surface area (Å²) < 4.78 is 5.99. The molecule has 0 aliphatic carbocycles. The quantitative estimate of drug-likeness (QED) is 0.505. The van der Waals surface area contributed by atoms with Crippen molar-refractivity contribution in [2.24, 2.45) is 11.8 Å². The largest absolute Gasteiger partial charge is 0.392 e. The number of thiazole rings is 1. The number of rotatable bonds is 2. The van der Waals surface area contributed by atoms with E-state index in [0.717, 1.165) is 22.7 Å². The molecule has 2 heterocycles. The van der Waals surface area contributed by atoms with Crippen molar-refractivity contribution in [1.82, 2.24) is 4.98 Å². The summed E-state index contributed by atoms with van der Waals surface area (Å²) in [5.74, 6) is -1.25. The molecule has 7 heteroatoms. The van der Waals surface area contributed by atoms with Gasteiger partial charge in [0.15, 0.2) is 12.1 Å². The van der Waals surface area contributed by atoms with E-state index in [9.17, 15) is 20.1 Å². The van der Waals surface area contributed by atoms with Gasteiger partial charge in [-0.2, -0.15) is 0 Å². The molecule has 1 aromatic heterocycles. The number of hydrogen-bond acceptors (Lipinski definition) is 7. The summed E-state index contributed by atoms with van der Waals surface area (Å²) in [4.78, 5) is 17.4. The zero-order valence-electron chi connectivity index (χ0n) is 21.3. The Labute approximate surface area is 208 Å². The molecule has 0 bridgehead atoms. The van der Waals surface area contributed by atoms with Gasteiger partial charge in [0.25, 0.3) is 0 Å². The number of nitrogens with zero attached hydrogens (tertiary/aromatic N) is 1. The van der Waals surface area contributed by atoms with Gasteiger partial charge in [0.05, 0.1) is 22.9 Å². The molecule has 6 atom stereocenters. The van der Waals surface area contributed by atoms with Crippen LogP contribution in [-0.4, -0.2) is 50.2 Å². The molecule has 0 radical (unpaired) electrons. The van der Waals surface area contributed by atoms with E-state index in [1.165, 1.54) is 12.5 Å². The van der Waals surface area contributed by atoms with E-state index in [1.807, 2.05) is 38.3 Å². The van der Waals surface area contributed by atoms with Crippen LogP contribution in [0.5, 0.6) is 0 Å². The maximum absolute atomic E-state index is 12.9. The zero-order chi connectivity index (χ0) is 25.5. The molecule has 0 aromatic carbocycles. The number of aryl methyl sites for hydroxylation is 1. The van der Waals surface area contributed by atoms with Crippen LogP contribution >= 0.6 is 11.3 Å². The van der Waals surface area contributed by atoms with Crippen LogP contribution in [0.15, 0.2) is 34.8 Å². The number of carbonyl (C=O) groups excluding carboxylic acids is 1. The van der Waals surface area contributed by atoms with Crippen molar-refractivity contribution in [2.75, 3.05) is 0 Å². The molecule has 1 aliphatic rings. The number of allylic oxidation sites excluding steroid dienone is 3. The number of carbonyl (C=O) groups is 1. The summed E-state index contributed by atoms with van der Waals surface area (Å²) in [5.41, 5.74) is 1.32. The van der Waals surface area contributed by atoms with E-state index in [2.05, 4.69) is 24.1 Å². The van der Waals surface area contributed by atoms with Crippen LogP contribution in [0.2, 0.25) is 0 Å². The first kappa shape index (κ1) is 28.6. The van der Waals surface area contributed by atoms with Gasteiger partial charge in [-0.25, -0.2) is 4.98 Å². The number of aliphatic hydroxyl groups excluding tert-OH is 2. The fraction of sp³-hybridized carbons (Fsp3) is 0.630. The lowest BCUT2D eigenvalue weighted by atomic mass is 9.80. The Bertz CT molecular complexity index is 901. The second-order valence-corrected chi connectivity index (χ2v) is 11.0. The molecule has 1 aromatic rings. The van der Waals surface area contributed by atoms with Crippen LogP contribution in [0.4, 0.5) is 0 Å². The minimum Gasteiger partial charge on any atom is -0.392 e. The van der Waals surface area contributed by atoms with Crippen molar-refractivity contribution in [3.8, 4) is 0 Å². The Balaban J connectivity index is 2.28. The van der Waals surface area contributed by atoms with E-state index < -0.39 is 29.7 Å². The normalized spacial score (nSPS) is 35.9. The monoisotopic (exact) mass is 491 g/mol. The molecule has 0 amide bonds. The van der Waals surface area contributed by atoms with Crippen LogP contribution in [-0.2, 0) is 9.53 Å². The number of hydrogen-bond donors (Lipinski definition) is 3. The summed E-state index contributed by atoms with van der Waals surface area (Å²) in [6.07, 6.45) is 7.96. The fourth-order valence-electron chi connectivity index (χ4n) is 4.16. The molecule has 34 heavy (non-hydrogen) atoms. The molecule has 6 nitrogen and oxygen atoms in total.